The molecule has 0 atom stereocenters. The van der Waals surface area contributed by atoms with E-state index in [0.29, 0.717) is 17.2 Å². The summed E-state index contributed by atoms with van der Waals surface area (Å²) in [5.41, 5.74) is 0.574. The van der Waals surface area contributed by atoms with Crippen LogP contribution in [0.4, 0.5) is 13.2 Å². The monoisotopic (exact) mass is 264 g/mol. The lowest BCUT2D eigenvalue weighted by Crippen LogP contribution is -2.06. The molecule has 2 aromatic carbocycles. The van der Waals surface area contributed by atoms with Crippen molar-refractivity contribution in [3.8, 4) is 0 Å². The number of benzene rings is 2. The maximum atomic E-state index is 13.5. The highest BCUT2D eigenvalue weighted by Gasteiger charge is 2.16. The zero-order chi connectivity index (χ0) is 14.2. The molecule has 0 heterocycles. The van der Waals surface area contributed by atoms with Gasteiger partial charge < -0.3 is 0 Å². The van der Waals surface area contributed by atoms with Crippen molar-refractivity contribution in [1.29, 1.82) is 0 Å². The molecule has 0 amide bonds. The zero-order valence-electron chi connectivity index (χ0n) is 10.4. The van der Waals surface area contributed by atoms with Crippen LogP contribution in [0.3, 0.4) is 0 Å². The molecule has 0 bridgehead atoms. The van der Waals surface area contributed by atoms with Crippen LogP contribution in [-0.4, -0.2) is 5.78 Å². The third kappa shape index (κ3) is 2.52. The molecular formula is C15H11F3O. The Morgan fingerprint density at radius 2 is 1.53 bits per heavy atom. The minimum Gasteiger partial charge on any atom is -0.288 e. The number of hydrogen-bond acceptors (Lipinski definition) is 1. The van der Waals surface area contributed by atoms with E-state index in [1.165, 1.54) is 26.0 Å². The zero-order valence-corrected chi connectivity index (χ0v) is 10.4. The summed E-state index contributed by atoms with van der Waals surface area (Å²) in [5, 5.41) is 0. The van der Waals surface area contributed by atoms with Gasteiger partial charge >= 0.3 is 0 Å². The van der Waals surface area contributed by atoms with Crippen LogP contribution in [-0.2, 0) is 0 Å². The molecule has 0 aliphatic heterocycles. The lowest BCUT2D eigenvalue weighted by molar-refractivity contribution is 0.103. The largest absolute Gasteiger partial charge is 0.288 e. The fraction of sp³-hybridized carbons (Fsp3) is 0.133. The Morgan fingerprint density at radius 3 is 2.05 bits per heavy atom. The highest BCUT2D eigenvalue weighted by Crippen LogP contribution is 2.19. The van der Waals surface area contributed by atoms with Gasteiger partial charge in [-0.15, -0.1) is 0 Å². The minimum absolute atomic E-state index is 0.182. The van der Waals surface area contributed by atoms with E-state index in [9.17, 15) is 18.0 Å². The van der Waals surface area contributed by atoms with E-state index in [0.717, 1.165) is 12.1 Å². The van der Waals surface area contributed by atoms with Crippen LogP contribution in [0.1, 0.15) is 27.0 Å². The first-order valence-electron chi connectivity index (χ1n) is 5.66. The summed E-state index contributed by atoms with van der Waals surface area (Å²) in [4.78, 5) is 12.1. The molecule has 0 radical (unpaired) electrons. The van der Waals surface area contributed by atoms with E-state index in [4.69, 9.17) is 0 Å². The molecule has 19 heavy (non-hydrogen) atoms. The van der Waals surface area contributed by atoms with Crippen molar-refractivity contribution in [2.75, 3.05) is 0 Å². The predicted molar refractivity (Wildman–Crippen MR) is 65.7 cm³/mol. The molecule has 1 nitrogen and oxygen atoms in total. The molecule has 0 unspecified atom stereocenters. The molecular weight excluding hydrogens is 253 g/mol. The van der Waals surface area contributed by atoms with Gasteiger partial charge in [-0.1, -0.05) is 0 Å². The smallest absolute Gasteiger partial charge is 0.195 e. The summed E-state index contributed by atoms with van der Waals surface area (Å²) < 4.78 is 39.8. The summed E-state index contributed by atoms with van der Waals surface area (Å²) >= 11 is 0. The van der Waals surface area contributed by atoms with Crippen LogP contribution in [0.2, 0.25) is 0 Å². The first kappa shape index (κ1) is 13.3. The summed E-state index contributed by atoms with van der Waals surface area (Å²) in [6.45, 7) is 3.06. The Morgan fingerprint density at radius 1 is 0.947 bits per heavy atom. The molecule has 2 aromatic rings. The van der Waals surface area contributed by atoms with Crippen molar-refractivity contribution < 1.29 is 18.0 Å². The number of hydrogen-bond donors (Lipinski definition) is 0. The Balaban J connectivity index is 2.50. The molecule has 4 heteroatoms. The van der Waals surface area contributed by atoms with Crippen LogP contribution < -0.4 is 0 Å². The van der Waals surface area contributed by atoms with E-state index in [-0.39, 0.29) is 11.1 Å². The molecule has 0 fully saturated rings. The summed E-state index contributed by atoms with van der Waals surface area (Å²) in [6, 6.07) is 5.46. The fourth-order valence-corrected chi connectivity index (χ4v) is 1.91. The molecule has 2 rings (SSSR count). The second-order valence-electron chi connectivity index (χ2n) is 4.38. The average molecular weight is 264 g/mol. The van der Waals surface area contributed by atoms with Gasteiger partial charge in [0.2, 0.25) is 0 Å². The van der Waals surface area contributed by atoms with Gasteiger partial charge in [-0.3, -0.25) is 4.79 Å². The third-order valence-corrected chi connectivity index (χ3v) is 2.87. The van der Waals surface area contributed by atoms with Gasteiger partial charge in [-0.25, -0.2) is 13.2 Å². The maximum Gasteiger partial charge on any atom is 0.195 e. The van der Waals surface area contributed by atoms with Crippen LogP contribution in [0.5, 0.6) is 0 Å². The van der Waals surface area contributed by atoms with Crippen LogP contribution in [0, 0.1) is 31.3 Å². The van der Waals surface area contributed by atoms with Gasteiger partial charge in [0.1, 0.15) is 17.5 Å². The van der Waals surface area contributed by atoms with Crippen LogP contribution in [0.15, 0.2) is 30.3 Å². The third-order valence-electron chi connectivity index (χ3n) is 2.87. The summed E-state index contributed by atoms with van der Waals surface area (Å²) in [6.07, 6.45) is 0. The van der Waals surface area contributed by atoms with Crippen molar-refractivity contribution >= 4 is 5.78 Å². The van der Waals surface area contributed by atoms with E-state index < -0.39 is 23.2 Å². The Labute approximate surface area is 108 Å². The Kier molecular flexibility index (Phi) is 3.42. The van der Waals surface area contributed by atoms with Gasteiger partial charge in [0.25, 0.3) is 0 Å². The lowest BCUT2D eigenvalue weighted by atomic mass is 9.98. The number of carbonyl (C=O) groups excluding carboxylic acids is 1. The highest BCUT2D eigenvalue weighted by molar-refractivity contribution is 6.09. The average Bonchev–Trinajstić information content (AvgIpc) is 2.34. The number of halogens is 3. The van der Waals surface area contributed by atoms with Gasteiger partial charge in [0, 0.05) is 11.6 Å². The standard InChI is InChI=1S/C15H11F3O/c1-8-5-10(6-9(2)14(8)18)15(19)12-4-3-11(16)7-13(12)17/h3-7H,1-2H3. The number of ketones is 1. The number of carbonyl (C=O) groups is 1. The molecule has 98 valence electrons. The Hall–Kier alpha value is -2.10. The van der Waals surface area contributed by atoms with Crippen molar-refractivity contribution in [3.05, 3.63) is 70.0 Å². The lowest BCUT2D eigenvalue weighted by Gasteiger charge is -2.07. The normalized spacial score (nSPS) is 10.6. The van der Waals surface area contributed by atoms with Gasteiger partial charge in [-0.2, -0.15) is 0 Å². The number of rotatable bonds is 2. The Bertz CT molecular complexity index is 639. The van der Waals surface area contributed by atoms with Gasteiger partial charge in [0.15, 0.2) is 5.78 Å². The maximum absolute atomic E-state index is 13.5. The minimum atomic E-state index is -0.926. The number of aryl methyl sites for hydroxylation is 2. The second-order valence-corrected chi connectivity index (χ2v) is 4.38. The summed E-state index contributed by atoms with van der Waals surface area (Å²) in [5.74, 6) is -2.66. The molecule has 0 saturated heterocycles. The molecule has 0 N–H and O–H groups in total. The SMILES string of the molecule is Cc1cc(C(=O)c2ccc(F)cc2F)cc(C)c1F. The first-order valence-corrected chi connectivity index (χ1v) is 5.66. The molecule has 0 spiro atoms. The topological polar surface area (TPSA) is 17.1 Å². The second kappa shape index (κ2) is 4.88. The van der Waals surface area contributed by atoms with Crippen molar-refractivity contribution in [1.82, 2.24) is 0 Å². The van der Waals surface area contributed by atoms with E-state index in [1.807, 2.05) is 0 Å². The molecule has 0 aliphatic carbocycles. The summed E-state index contributed by atoms with van der Waals surface area (Å²) in [7, 11) is 0. The van der Waals surface area contributed by atoms with Crippen molar-refractivity contribution in [2.45, 2.75) is 13.8 Å². The van der Waals surface area contributed by atoms with Gasteiger partial charge in [0.05, 0.1) is 5.56 Å². The van der Waals surface area contributed by atoms with E-state index in [1.54, 1.807) is 0 Å². The fourth-order valence-electron chi connectivity index (χ4n) is 1.91. The molecule has 0 saturated carbocycles. The molecule has 0 aromatic heterocycles. The van der Waals surface area contributed by atoms with Crippen LogP contribution in [0.25, 0.3) is 0 Å². The van der Waals surface area contributed by atoms with Crippen molar-refractivity contribution in [2.24, 2.45) is 0 Å². The van der Waals surface area contributed by atoms with E-state index in [2.05, 4.69) is 0 Å². The first-order chi connectivity index (χ1) is 8.90. The van der Waals surface area contributed by atoms with E-state index >= 15 is 0 Å². The molecule has 0 aliphatic rings. The van der Waals surface area contributed by atoms with Crippen LogP contribution >= 0.6 is 0 Å². The van der Waals surface area contributed by atoms with Gasteiger partial charge in [-0.05, 0) is 49.2 Å². The quantitative estimate of drug-likeness (QED) is 0.750. The predicted octanol–water partition coefficient (Wildman–Crippen LogP) is 3.95. The highest BCUT2D eigenvalue weighted by atomic mass is 19.1. The van der Waals surface area contributed by atoms with Crippen molar-refractivity contribution in [3.63, 3.8) is 0 Å².